The lowest BCUT2D eigenvalue weighted by atomic mass is 10.1. The molecule has 6 heteroatoms. The van der Waals surface area contributed by atoms with Gasteiger partial charge in [0, 0.05) is 24.4 Å². The maximum atomic E-state index is 5.59. The third-order valence-electron chi connectivity index (χ3n) is 3.51. The quantitative estimate of drug-likeness (QED) is 0.851. The Morgan fingerprint density at radius 3 is 2.65 bits per heavy atom. The summed E-state index contributed by atoms with van der Waals surface area (Å²) in [6, 6.07) is 7.67. The first kappa shape index (κ1) is 15.4. The number of benzene rings is 1. The van der Waals surface area contributed by atoms with Gasteiger partial charge in [-0.25, -0.2) is 9.97 Å². The molecule has 1 aliphatic rings. The Bertz CT molecular complexity index is 661. The molecule has 0 fully saturated rings. The van der Waals surface area contributed by atoms with Gasteiger partial charge in [0.2, 0.25) is 0 Å². The van der Waals surface area contributed by atoms with Crippen LogP contribution >= 0.6 is 0 Å². The topological polar surface area (TPSA) is 68.3 Å². The molecule has 1 aromatic heterocycles. The number of rotatable bonds is 6. The van der Waals surface area contributed by atoms with E-state index in [1.165, 1.54) is 0 Å². The van der Waals surface area contributed by atoms with Gasteiger partial charge in [-0.15, -0.1) is 0 Å². The summed E-state index contributed by atoms with van der Waals surface area (Å²) in [6.07, 6.45) is 2.66. The summed E-state index contributed by atoms with van der Waals surface area (Å²) in [5.41, 5.74) is 0.904. The number of hydrogen-bond acceptors (Lipinski definition) is 6. The molecule has 0 spiro atoms. The lowest BCUT2D eigenvalue weighted by Crippen LogP contribution is -2.15. The Morgan fingerprint density at radius 2 is 1.83 bits per heavy atom. The summed E-state index contributed by atoms with van der Waals surface area (Å²) >= 11 is 0. The molecule has 23 heavy (non-hydrogen) atoms. The first-order valence-corrected chi connectivity index (χ1v) is 7.93. The molecule has 122 valence electrons. The Labute approximate surface area is 136 Å². The van der Waals surface area contributed by atoms with E-state index in [0.717, 1.165) is 41.8 Å². The number of nitrogens with zero attached hydrogens (tertiary/aromatic N) is 2. The summed E-state index contributed by atoms with van der Waals surface area (Å²) in [5.74, 6) is 3.76. The van der Waals surface area contributed by atoms with E-state index >= 15 is 0 Å². The molecule has 1 aliphatic heterocycles. The molecule has 2 aromatic rings. The molecule has 0 unspecified atom stereocenters. The zero-order valence-electron chi connectivity index (χ0n) is 13.5. The SMILES string of the molecule is CC(C)CCNc1cc(Nc2ccc3c(c2)OCCO3)ncn1. The van der Waals surface area contributed by atoms with Crippen molar-refractivity contribution in [2.24, 2.45) is 5.92 Å². The molecule has 0 radical (unpaired) electrons. The fraction of sp³-hybridized carbons (Fsp3) is 0.412. The smallest absolute Gasteiger partial charge is 0.163 e. The van der Waals surface area contributed by atoms with Crippen LogP contribution in [0.4, 0.5) is 17.3 Å². The number of hydrogen-bond donors (Lipinski definition) is 2. The molecule has 0 saturated carbocycles. The molecule has 2 heterocycles. The van der Waals surface area contributed by atoms with Crippen molar-refractivity contribution in [3.8, 4) is 11.5 Å². The molecule has 0 saturated heterocycles. The van der Waals surface area contributed by atoms with Gasteiger partial charge in [0.25, 0.3) is 0 Å². The van der Waals surface area contributed by atoms with Crippen molar-refractivity contribution in [2.45, 2.75) is 20.3 Å². The number of aromatic nitrogens is 2. The van der Waals surface area contributed by atoms with Crippen molar-refractivity contribution < 1.29 is 9.47 Å². The van der Waals surface area contributed by atoms with Crippen LogP contribution in [-0.2, 0) is 0 Å². The van der Waals surface area contributed by atoms with Crippen LogP contribution in [-0.4, -0.2) is 29.7 Å². The Morgan fingerprint density at radius 1 is 1.04 bits per heavy atom. The van der Waals surface area contributed by atoms with E-state index in [-0.39, 0.29) is 0 Å². The molecular weight excluding hydrogens is 292 g/mol. The van der Waals surface area contributed by atoms with E-state index in [1.54, 1.807) is 6.33 Å². The van der Waals surface area contributed by atoms with E-state index < -0.39 is 0 Å². The largest absolute Gasteiger partial charge is 0.486 e. The van der Waals surface area contributed by atoms with Gasteiger partial charge in [-0.2, -0.15) is 0 Å². The summed E-state index contributed by atoms with van der Waals surface area (Å²) in [6.45, 7) is 6.48. The van der Waals surface area contributed by atoms with Gasteiger partial charge in [-0.05, 0) is 24.5 Å². The van der Waals surface area contributed by atoms with Crippen molar-refractivity contribution in [1.29, 1.82) is 0 Å². The zero-order valence-corrected chi connectivity index (χ0v) is 13.5. The van der Waals surface area contributed by atoms with Crippen molar-refractivity contribution in [3.05, 3.63) is 30.6 Å². The summed E-state index contributed by atoms with van der Waals surface area (Å²) in [7, 11) is 0. The second kappa shape index (κ2) is 7.17. The molecule has 2 N–H and O–H groups in total. The van der Waals surface area contributed by atoms with Gasteiger partial charge in [0.05, 0.1) is 0 Å². The standard InChI is InChI=1S/C17H22N4O2/c1-12(2)5-6-18-16-10-17(20-11-19-16)21-13-3-4-14-15(9-13)23-8-7-22-14/h3-4,9-12H,5-8H2,1-2H3,(H2,18,19,20,21). The van der Waals surface area contributed by atoms with Gasteiger partial charge in [-0.3, -0.25) is 0 Å². The van der Waals surface area contributed by atoms with E-state index in [2.05, 4.69) is 34.4 Å². The van der Waals surface area contributed by atoms with Crippen LogP contribution in [0.5, 0.6) is 11.5 Å². The molecular formula is C17H22N4O2. The van der Waals surface area contributed by atoms with Crippen LogP contribution in [0.1, 0.15) is 20.3 Å². The minimum atomic E-state index is 0.577. The average molecular weight is 314 g/mol. The first-order chi connectivity index (χ1) is 11.2. The van der Waals surface area contributed by atoms with E-state index in [1.807, 2.05) is 24.3 Å². The van der Waals surface area contributed by atoms with Crippen molar-refractivity contribution in [1.82, 2.24) is 9.97 Å². The molecule has 6 nitrogen and oxygen atoms in total. The lowest BCUT2D eigenvalue weighted by Gasteiger charge is -2.19. The van der Waals surface area contributed by atoms with Crippen LogP contribution < -0.4 is 20.1 Å². The van der Waals surface area contributed by atoms with Crippen LogP contribution in [0, 0.1) is 5.92 Å². The number of nitrogens with one attached hydrogen (secondary N) is 2. The number of anilines is 3. The highest BCUT2D eigenvalue weighted by atomic mass is 16.6. The van der Waals surface area contributed by atoms with Crippen LogP contribution in [0.2, 0.25) is 0 Å². The van der Waals surface area contributed by atoms with Crippen molar-refractivity contribution >= 4 is 17.3 Å². The minimum Gasteiger partial charge on any atom is -0.486 e. The van der Waals surface area contributed by atoms with Gasteiger partial charge in [0.1, 0.15) is 31.2 Å². The molecule has 0 amide bonds. The minimum absolute atomic E-state index is 0.577. The second-order valence-electron chi connectivity index (χ2n) is 5.88. The lowest BCUT2D eigenvalue weighted by molar-refractivity contribution is 0.171. The molecule has 0 aliphatic carbocycles. The summed E-state index contributed by atoms with van der Waals surface area (Å²) in [5, 5.41) is 6.58. The monoisotopic (exact) mass is 314 g/mol. The predicted octanol–water partition coefficient (Wildman–Crippen LogP) is 3.45. The Hall–Kier alpha value is -2.50. The summed E-state index contributed by atoms with van der Waals surface area (Å²) < 4.78 is 11.1. The van der Waals surface area contributed by atoms with Crippen molar-refractivity contribution in [2.75, 3.05) is 30.4 Å². The average Bonchev–Trinajstić information content (AvgIpc) is 2.55. The van der Waals surface area contributed by atoms with E-state index in [4.69, 9.17) is 9.47 Å². The third-order valence-corrected chi connectivity index (χ3v) is 3.51. The van der Waals surface area contributed by atoms with Gasteiger partial charge < -0.3 is 20.1 Å². The van der Waals surface area contributed by atoms with Gasteiger partial charge >= 0.3 is 0 Å². The highest BCUT2D eigenvalue weighted by Crippen LogP contribution is 2.33. The zero-order chi connectivity index (χ0) is 16.1. The Balaban J connectivity index is 1.65. The highest BCUT2D eigenvalue weighted by molar-refractivity contribution is 5.63. The van der Waals surface area contributed by atoms with E-state index in [9.17, 15) is 0 Å². The van der Waals surface area contributed by atoms with Crippen LogP contribution in [0.3, 0.4) is 0 Å². The number of ether oxygens (including phenoxy) is 2. The normalized spacial score (nSPS) is 13.0. The van der Waals surface area contributed by atoms with Crippen LogP contribution in [0.15, 0.2) is 30.6 Å². The predicted molar refractivity (Wildman–Crippen MR) is 90.7 cm³/mol. The fourth-order valence-corrected chi connectivity index (χ4v) is 2.28. The summed E-state index contributed by atoms with van der Waals surface area (Å²) in [4.78, 5) is 8.50. The van der Waals surface area contributed by atoms with Crippen LogP contribution in [0.25, 0.3) is 0 Å². The first-order valence-electron chi connectivity index (χ1n) is 7.93. The second-order valence-corrected chi connectivity index (χ2v) is 5.88. The maximum Gasteiger partial charge on any atom is 0.163 e. The maximum absolute atomic E-state index is 5.59. The number of fused-ring (bicyclic) bond motifs is 1. The molecule has 3 rings (SSSR count). The molecule has 0 atom stereocenters. The van der Waals surface area contributed by atoms with Gasteiger partial charge in [0.15, 0.2) is 11.5 Å². The molecule has 1 aromatic carbocycles. The fourth-order valence-electron chi connectivity index (χ4n) is 2.28. The van der Waals surface area contributed by atoms with Gasteiger partial charge in [-0.1, -0.05) is 13.8 Å². The third kappa shape index (κ3) is 4.25. The van der Waals surface area contributed by atoms with Crippen molar-refractivity contribution in [3.63, 3.8) is 0 Å². The van der Waals surface area contributed by atoms with E-state index in [0.29, 0.717) is 19.1 Å². The highest BCUT2D eigenvalue weighted by Gasteiger charge is 2.12. The molecule has 0 bridgehead atoms. The Kier molecular flexibility index (Phi) is 4.80.